The summed E-state index contributed by atoms with van der Waals surface area (Å²) < 4.78 is 63.1. The smallest absolute Gasteiger partial charge is 0.485 e. The second-order valence-electron chi connectivity index (χ2n) is 3.00. The third-order valence-corrected chi connectivity index (χ3v) is 6.20. The van der Waals surface area contributed by atoms with Crippen LogP contribution in [0.2, 0.25) is 0 Å². The molecule has 1 aromatic carbocycles. The third kappa shape index (κ3) is 4.88. The Morgan fingerprint density at radius 2 is 1.84 bits per heavy atom. The summed E-state index contributed by atoms with van der Waals surface area (Å²) in [6.45, 7) is 0. The van der Waals surface area contributed by atoms with Crippen LogP contribution >= 0.6 is 34.4 Å². The van der Waals surface area contributed by atoms with Crippen molar-refractivity contribution in [2.45, 2.75) is 9.03 Å². The minimum atomic E-state index is -6.09. The van der Waals surface area contributed by atoms with Crippen molar-refractivity contribution in [1.82, 2.24) is 0 Å². The summed E-state index contributed by atoms with van der Waals surface area (Å²) in [7, 11) is -6.09. The maximum absolute atomic E-state index is 10.7. The molecule has 0 radical (unpaired) electrons. The van der Waals surface area contributed by atoms with Crippen LogP contribution in [0.4, 0.5) is 13.2 Å². The van der Waals surface area contributed by atoms with Crippen molar-refractivity contribution in [3.8, 4) is 0 Å². The molecule has 10 heteroatoms. The van der Waals surface area contributed by atoms with E-state index in [2.05, 4.69) is 30.5 Å². The quantitative estimate of drug-likeness (QED) is 0.338. The van der Waals surface area contributed by atoms with Gasteiger partial charge in [-0.05, 0) is 18.4 Å². The van der Waals surface area contributed by atoms with Gasteiger partial charge in [0, 0.05) is 0 Å². The molecule has 0 spiro atoms. The van der Waals surface area contributed by atoms with Crippen molar-refractivity contribution >= 4 is 54.0 Å². The lowest BCUT2D eigenvalue weighted by Crippen LogP contribution is -2.21. The van der Waals surface area contributed by atoms with Gasteiger partial charge in [0.2, 0.25) is 0 Å². The Labute approximate surface area is 119 Å². The molecule has 0 aliphatic heterocycles. The molecular weight excluding hydrogens is 341 g/mol. The van der Waals surface area contributed by atoms with Crippen LogP contribution in [0.3, 0.4) is 0 Å². The summed E-state index contributed by atoms with van der Waals surface area (Å²) in [4.78, 5) is 0. The first kappa shape index (κ1) is 16.6. The molecule has 2 aromatic rings. The van der Waals surface area contributed by atoms with Crippen LogP contribution in [0, 0.1) is 0 Å². The Hall–Kier alpha value is -0.420. The SMILES string of the molecule is CSc1sc2ccccc2[s+]1.O=S(=O)([O-])C(F)(F)F. The van der Waals surface area contributed by atoms with Gasteiger partial charge in [-0.2, -0.15) is 13.2 Å². The van der Waals surface area contributed by atoms with E-state index < -0.39 is 15.6 Å². The predicted molar refractivity (Wildman–Crippen MR) is 71.6 cm³/mol. The van der Waals surface area contributed by atoms with Crippen molar-refractivity contribution < 1.29 is 26.1 Å². The zero-order chi connectivity index (χ0) is 14.7. The van der Waals surface area contributed by atoms with Gasteiger partial charge >= 0.3 is 9.03 Å². The van der Waals surface area contributed by atoms with E-state index in [1.165, 1.54) is 12.9 Å². The van der Waals surface area contributed by atoms with Gasteiger partial charge in [-0.25, -0.2) is 8.42 Å². The van der Waals surface area contributed by atoms with Gasteiger partial charge < -0.3 is 4.55 Å². The summed E-state index contributed by atoms with van der Waals surface area (Å²) in [6, 6.07) is 8.54. The predicted octanol–water partition coefficient (Wildman–Crippen LogP) is 4.02. The van der Waals surface area contributed by atoms with E-state index in [0.29, 0.717) is 0 Å². The highest BCUT2D eigenvalue weighted by Crippen LogP contribution is 2.36. The van der Waals surface area contributed by atoms with Gasteiger partial charge in [-0.1, -0.05) is 23.9 Å². The van der Waals surface area contributed by atoms with Gasteiger partial charge in [0.1, 0.15) is 22.7 Å². The second kappa shape index (κ2) is 6.35. The summed E-state index contributed by atoms with van der Waals surface area (Å²) in [5.41, 5.74) is -5.65. The molecule has 0 aliphatic rings. The van der Waals surface area contributed by atoms with E-state index >= 15 is 0 Å². The highest BCUT2D eigenvalue weighted by atomic mass is 32.2. The zero-order valence-corrected chi connectivity index (χ0v) is 12.6. The number of hydrogen-bond acceptors (Lipinski definition) is 5. The normalized spacial score (nSPS) is 12.1. The Morgan fingerprint density at radius 1 is 1.32 bits per heavy atom. The molecule has 0 N–H and O–H groups in total. The van der Waals surface area contributed by atoms with Gasteiger partial charge in [0.15, 0.2) is 19.5 Å². The average molecular weight is 348 g/mol. The zero-order valence-electron chi connectivity index (χ0n) is 9.30. The largest absolute Gasteiger partial charge is 0.741 e. The lowest BCUT2D eigenvalue weighted by atomic mass is 10.4. The van der Waals surface area contributed by atoms with Gasteiger partial charge in [-0.15, -0.1) is 0 Å². The van der Waals surface area contributed by atoms with Crippen LogP contribution in [0.25, 0.3) is 9.40 Å². The number of alkyl halides is 3. The minimum Gasteiger partial charge on any atom is -0.741 e. The first-order chi connectivity index (χ1) is 8.65. The average Bonchev–Trinajstić information content (AvgIpc) is 2.69. The number of benzene rings is 1. The van der Waals surface area contributed by atoms with E-state index in [1.807, 2.05) is 34.4 Å². The van der Waals surface area contributed by atoms with E-state index in [4.69, 9.17) is 13.0 Å². The third-order valence-electron chi connectivity index (χ3n) is 1.69. The number of hydrogen-bond donors (Lipinski definition) is 0. The van der Waals surface area contributed by atoms with Crippen LogP contribution in [0.15, 0.2) is 27.8 Å². The van der Waals surface area contributed by atoms with E-state index in [-0.39, 0.29) is 0 Å². The van der Waals surface area contributed by atoms with Gasteiger partial charge in [-0.3, -0.25) is 0 Å². The van der Waals surface area contributed by atoms with Gasteiger partial charge in [0.05, 0.1) is 0 Å². The lowest BCUT2D eigenvalue weighted by Gasteiger charge is -2.08. The molecule has 0 unspecified atom stereocenters. The lowest BCUT2D eigenvalue weighted by molar-refractivity contribution is -0.0517. The maximum Gasteiger partial charge on any atom is 0.485 e. The molecule has 0 atom stereocenters. The first-order valence-corrected chi connectivity index (χ1v) is 8.79. The standard InChI is InChI=1S/C8H7S3.CHF3O3S/c1-9-8-10-6-4-2-3-5-7(6)11-8;2-1(3,4)8(5,6)7/h2-5H,1H3;(H,5,6,7)/q+1;/p-1. The van der Waals surface area contributed by atoms with Crippen LogP contribution < -0.4 is 0 Å². The van der Waals surface area contributed by atoms with Crippen molar-refractivity contribution in [3.05, 3.63) is 24.3 Å². The molecule has 3 nitrogen and oxygen atoms in total. The highest BCUT2D eigenvalue weighted by Gasteiger charge is 2.36. The van der Waals surface area contributed by atoms with Crippen LogP contribution in [-0.4, -0.2) is 24.7 Å². The highest BCUT2D eigenvalue weighted by molar-refractivity contribution is 8.02. The molecule has 0 fully saturated rings. The first-order valence-electron chi connectivity index (χ1n) is 4.53. The Kier molecular flexibility index (Phi) is 5.56. The summed E-state index contributed by atoms with van der Waals surface area (Å²) >= 11 is 5.59. The Morgan fingerprint density at radius 3 is 2.26 bits per heavy atom. The van der Waals surface area contributed by atoms with Gasteiger partial charge in [0.25, 0.3) is 0 Å². The second-order valence-corrected chi connectivity index (χ2v) is 8.07. The maximum atomic E-state index is 10.7. The molecule has 106 valence electrons. The Bertz CT molecular complexity index is 615. The summed E-state index contributed by atoms with van der Waals surface area (Å²) in [5, 5.41) is 0. The number of halogens is 3. The van der Waals surface area contributed by atoms with E-state index in [1.54, 1.807) is 0 Å². The fourth-order valence-electron chi connectivity index (χ4n) is 0.903. The van der Waals surface area contributed by atoms with Crippen LogP contribution in [0.5, 0.6) is 0 Å². The topological polar surface area (TPSA) is 57.2 Å². The molecule has 0 saturated carbocycles. The molecular formula is C9H7F3O3S4. The fourth-order valence-corrected chi connectivity index (χ4v) is 4.05. The Balaban J connectivity index is 0.000000203. The van der Waals surface area contributed by atoms with Crippen molar-refractivity contribution in [1.29, 1.82) is 0 Å². The molecule has 0 amide bonds. The van der Waals surface area contributed by atoms with E-state index in [0.717, 1.165) is 0 Å². The summed E-state index contributed by atoms with van der Waals surface area (Å²) in [6.07, 6.45) is 2.13. The van der Waals surface area contributed by atoms with Crippen molar-refractivity contribution in [3.63, 3.8) is 0 Å². The monoisotopic (exact) mass is 348 g/mol. The van der Waals surface area contributed by atoms with Crippen molar-refractivity contribution in [2.24, 2.45) is 0 Å². The molecule has 0 aliphatic carbocycles. The molecule has 0 bridgehead atoms. The number of fused-ring (bicyclic) bond motifs is 1. The minimum absolute atomic E-state index is 1.40. The summed E-state index contributed by atoms with van der Waals surface area (Å²) in [5.74, 6) is 0. The molecule has 0 saturated heterocycles. The molecule has 19 heavy (non-hydrogen) atoms. The molecule has 1 heterocycles. The number of rotatable bonds is 1. The molecule has 2 rings (SSSR count). The fraction of sp³-hybridized carbons (Fsp3) is 0.222. The van der Waals surface area contributed by atoms with Crippen molar-refractivity contribution in [2.75, 3.05) is 6.26 Å². The number of thioether (sulfide) groups is 1. The van der Waals surface area contributed by atoms with E-state index in [9.17, 15) is 13.2 Å². The van der Waals surface area contributed by atoms with Crippen LogP contribution in [0.1, 0.15) is 0 Å². The molecule has 1 aromatic heterocycles. The van der Waals surface area contributed by atoms with Crippen LogP contribution in [-0.2, 0) is 10.1 Å².